The number of carbonyl (C=O) groups excluding carboxylic acids is 1. The van der Waals surface area contributed by atoms with E-state index in [9.17, 15) is 4.79 Å². The van der Waals surface area contributed by atoms with Gasteiger partial charge in [0.1, 0.15) is 0 Å². The first-order chi connectivity index (χ1) is 15.0. The summed E-state index contributed by atoms with van der Waals surface area (Å²) in [5.41, 5.74) is 5.31. The molecule has 0 aliphatic heterocycles. The SMILES string of the molecule is Cc1nn(Cc2ccccc2Cl)c(C)c1C(=O)NCCc1ccc(-n2cccn2)cc1. The summed E-state index contributed by atoms with van der Waals surface area (Å²) >= 11 is 6.28. The number of aryl methyl sites for hydroxylation is 1. The molecule has 0 saturated carbocycles. The first-order valence-electron chi connectivity index (χ1n) is 10.2. The van der Waals surface area contributed by atoms with Gasteiger partial charge in [0.05, 0.1) is 23.5 Å². The Morgan fingerprint density at radius 1 is 1.06 bits per heavy atom. The average molecular weight is 434 g/mol. The molecule has 7 heteroatoms. The summed E-state index contributed by atoms with van der Waals surface area (Å²) in [6.07, 6.45) is 4.41. The van der Waals surface area contributed by atoms with Gasteiger partial charge in [-0.2, -0.15) is 10.2 Å². The summed E-state index contributed by atoms with van der Waals surface area (Å²) in [5.74, 6) is -0.103. The lowest BCUT2D eigenvalue weighted by molar-refractivity contribution is 0.0953. The van der Waals surface area contributed by atoms with E-state index in [1.54, 1.807) is 6.20 Å². The average Bonchev–Trinajstić information content (AvgIpc) is 3.39. The molecule has 2 aromatic carbocycles. The van der Waals surface area contributed by atoms with Gasteiger partial charge in [-0.05, 0) is 55.7 Å². The zero-order chi connectivity index (χ0) is 21.8. The molecule has 0 saturated heterocycles. The van der Waals surface area contributed by atoms with E-state index in [0.29, 0.717) is 29.4 Å². The van der Waals surface area contributed by atoms with Crippen LogP contribution in [0.15, 0.2) is 67.0 Å². The number of halogens is 1. The number of hydrogen-bond donors (Lipinski definition) is 1. The van der Waals surface area contributed by atoms with Gasteiger partial charge in [-0.3, -0.25) is 9.48 Å². The van der Waals surface area contributed by atoms with Crippen LogP contribution in [0.25, 0.3) is 5.69 Å². The quantitative estimate of drug-likeness (QED) is 0.471. The number of aromatic nitrogens is 4. The summed E-state index contributed by atoms with van der Waals surface area (Å²) in [6, 6.07) is 17.7. The molecule has 0 unspecified atom stereocenters. The Hall–Kier alpha value is -3.38. The van der Waals surface area contributed by atoms with Crippen LogP contribution in [0, 0.1) is 13.8 Å². The first-order valence-corrected chi connectivity index (χ1v) is 10.6. The van der Waals surface area contributed by atoms with E-state index in [1.165, 1.54) is 0 Å². The van der Waals surface area contributed by atoms with E-state index < -0.39 is 0 Å². The van der Waals surface area contributed by atoms with E-state index in [4.69, 9.17) is 11.6 Å². The standard InChI is InChI=1S/C24H24ClN5O/c1-17-23(18(2)30(28-17)16-20-6-3-4-7-22(20)25)24(31)26-14-12-19-8-10-21(11-9-19)29-15-5-13-27-29/h3-11,13,15H,12,14,16H2,1-2H3,(H,26,31). The lowest BCUT2D eigenvalue weighted by Gasteiger charge is -2.08. The van der Waals surface area contributed by atoms with Crippen molar-refractivity contribution in [3.05, 3.63) is 100 Å². The minimum absolute atomic E-state index is 0.103. The smallest absolute Gasteiger partial charge is 0.255 e. The predicted molar refractivity (Wildman–Crippen MR) is 122 cm³/mol. The Morgan fingerprint density at radius 3 is 2.55 bits per heavy atom. The first kappa shape index (κ1) is 20.9. The Morgan fingerprint density at radius 2 is 1.84 bits per heavy atom. The molecule has 0 aliphatic rings. The van der Waals surface area contributed by atoms with Crippen LogP contribution >= 0.6 is 11.6 Å². The zero-order valence-corrected chi connectivity index (χ0v) is 18.3. The Labute approximate surface area is 186 Å². The van der Waals surface area contributed by atoms with Crippen molar-refractivity contribution in [3.63, 3.8) is 0 Å². The van der Waals surface area contributed by atoms with Crippen molar-refractivity contribution < 1.29 is 4.79 Å². The zero-order valence-electron chi connectivity index (χ0n) is 17.5. The van der Waals surface area contributed by atoms with Crippen LogP contribution in [0.4, 0.5) is 0 Å². The monoisotopic (exact) mass is 433 g/mol. The molecule has 2 aromatic heterocycles. The third-order valence-electron chi connectivity index (χ3n) is 5.29. The van der Waals surface area contributed by atoms with Gasteiger partial charge in [-0.25, -0.2) is 4.68 Å². The highest BCUT2D eigenvalue weighted by molar-refractivity contribution is 6.31. The third kappa shape index (κ3) is 4.70. The highest BCUT2D eigenvalue weighted by Crippen LogP contribution is 2.19. The Kier molecular flexibility index (Phi) is 6.18. The van der Waals surface area contributed by atoms with Crippen molar-refractivity contribution in [1.82, 2.24) is 24.9 Å². The molecule has 0 fully saturated rings. The molecule has 158 valence electrons. The molecule has 31 heavy (non-hydrogen) atoms. The highest BCUT2D eigenvalue weighted by Gasteiger charge is 2.18. The third-order valence-corrected chi connectivity index (χ3v) is 5.66. The number of carbonyl (C=O) groups is 1. The van der Waals surface area contributed by atoms with E-state index in [2.05, 4.69) is 27.6 Å². The maximum atomic E-state index is 12.8. The van der Waals surface area contributed by atoms with Crippen LogP contribution in [-0.2, 0) is 13.0 Å². The fourth-order valence-electron chi connectivity index (χ4n) is 3.61. The van der Waals surface area contributed by atoms with Crippen LogP contribution < -0.4 is 5.32 Å². The lowest BCUT2D eigenvalue weighted by atomic mass is 10.1. The summed E-state index contributed by atoms with van der Waals surface area (Å²) in [6.45, 7) is 4.86. The van der Waals surface area contributed by atoms with Crippen LogP contribution in [0.3, 0.4) is 0 Å². The maximum Gasteiger partial charge on any atom is 0.255 e. The summed E-state index contributed by atoms with van der Waals surface area (Å²) in [5, 5.41) is 12.5. The van der Waals surface area contributed by atoms with E-state index in [0.717, 1.165) is 28.9 Å². The topological polar surface area (TPSA) is 64.7 Å². The number of hydrogen-bond acceptors (Lipinski definition) is 3. The van der Waals surface area contributed by atoms with E-state index >= 15 is 0 Å². The molecule has 0 atom stereocenters. The number of amides is 1. The molecule has 0 radical (unpaired) electrons. The molecular weight excluding hydrogens is 410 g/mol. The molecule has 1 amide bonds. The number of rotatable bonds is 7. The van der Waals surface area contributed by atoms with Gasteiger partial charge in [-0.1, -0.05) is 41.9 Å². The fourth-order valence-corrected chi connectivity index (χ4v) is 3.81. The van der Waals surface area contributed by atoms with Crippen molar-refractivity contribution in [2.75, 3.05) is 6.54 Å². The van der Waals surface area contributed by atoms with Crippen molar-refractivity contribution in [3.8, 4) is 5.69 Å². The fraction of sp³-hybridized carbons (Fsp3) is 0.208. The predicted octanol–water partition coefficient (Wildman–Crippen LogP) is 4.36. The number of nitrogens with zero attached hydrogens (tertiary/aromatic N) is 4. The van der Waals surface area contributed by atoms with Crippen LogP contribution in [0.1, 0.15) is 32.9 Å². The summed E-state index contributed by atoms with van der Waals surface area (Å²) in [7, 11) is 0. The van der Waals surface area contributed by atoms with Crippen LogP contribution in [0.5, 0.6) is 0 Å². The van der Waals surface area contributed by atoms with Gasteiger partial charge < -0.3 is 5.32 Å². The summed E-state index contributed by atoms with van der Waals surface area (Å²) in [4.78, 5) is 12.8. The molecule has 4 rings (SSSR count). The Bertz CT molecular complexity index is 1180. The largest absolute Gasteiger partial charge is 0.352 e. The normalized spacial score (nSPS) is 10.9. The van der Waals surface area contributed by atoms with Crippen LogP contribution in [0.2, 0.25) is 5.02 Å². The number of nitrogens with one attached hydrogen (secondary N) is 1. The van der Waals surface area contributed by atoms with Gasteiger partial charge in [0.15, 0.2) is 0 Å². The minimum Gasteiger partial charge on any atom is -0.352 e. The van der Waals surface area contributed by atoms with E-state index in [1.807, 2.05) is 71.9 Å². The summed E-state index contributed by atoms with van der Waals surface area (Å²) < 4.78 is 3.65. The molecular formula is C24H24ClN5O. The van der Waals surface area contributed by atoms with Crippen molar-refractivity contribution in [2.45, 2.75) is 26.8 Å². The van der Waals surface area contributed by atoms with Crippen LogP contribution in [-0.4, -0.2) is 32.0 Å². The van der Waals surface area contributed by atoms with Gasteiger partial charge in [0.2, 0.25) is 0 Å². The van der Waals surface area contributed by atoms with Gasteiger partial charge >= 0.3 is 0 Å². The van der Waals surface area contributed by atoms with Gasteiger partial charge in [-0.15, -0.1) is 0 Å². The molecule has 0 bridgehead atoms. The second-order valence-electron chi connectivity index (χ2n) is 7.42. The highest BCUT2D eigenvalue weighted by atomic mass is 35.5. The lowest BCUT2D eigenvalue weighted by Crippen LogP contribution is -2.26. The second-order valence-corrected chi connectivity index (χ2v) is 7.83. The minimum atomic E-state index is -0.103. The van der Waals surface area contributed by atoms with Crippen molar-refractivity contribution in [2.24, 2.45) is 0 Å². The van der Waals surface area contributed by atoms with Gasteiger partial charge in [0.25, 0.3) is 5.91 Å². The molecule has 1 N–H and O–H groups in total. The van der Waals surface area contributed by atoms with E-state index in [-0.39, 0.29) is 5.91 Å². The number of benzene rings is 2. The molecule has 6 nitrogen and oxygen atoms in total. The van der Waals surface area contributed by atoms with Gasteiger partial charge in [0, 0.05) is 29.7 Å². The molecule has 2 heterocycles. The molecule has 4 aromatic rings. The van der Waals surface area contributed by atoms with Crippen molar-refractivity contribution in [1.29, 1.82) is 0 Å². The molecule has 0 aliphatic carbocycles. The van der Waals surface area contributed by atoms with Crippen molar-refractivity contribution >= 4 is 17.5 Å². The maximum absolute atomic E-state index is 12.8. The second kappa shape index (κ2) is 9.18. The molecule has 0 spiro atoms. The Balaban J connectivity index is 1.37.